The van der Waals surface area contributed by atoms with Crippen LogP contribution in [0.1, 0.15) is 11.5 Å². The number of aliphatic hydroxyl groups excluding tert-OH is 1. The third-order valence-electron chi connectivity index (χ3n) is 2.60. The number of hydrogen-bond acceptors (Lipinski definition) is 3. The van der Waals surface area contributed by atoms with E-state index in [4.69, 9.17) is 10.8 Å². The summed E-state index contributed by atoms with van der Waals surface area (Å²) in [7, 11) is 0. The fraction of sp³-hybridized carbons (Fsp3) is 0.417. The Bertz CT molecular complexity index is 409. The number of aliphatic hydroxyl groups is 1. The van der Waals surface area contributed by atoms with Gasteiger partial charge < -0.3 is 16.2 Å². The maximum absolute atomic E-state index is 12.1. The van der Waals surface area contributed by atoms with Gasteiger partial charge in [-0.25, -0.2) is 0 Å². The molecular formula is C12H15F3N2O2. The second-order valence-corrected chi connectivity index (χ2v) is 4.00. The van der Waals surface area contributed by atoms with Crippen molar-refractivity contribution in [3.63, 3.8) is 0 Å². The molecule has 2 atom stereocenters. The summed E-state index contributed by atoms with van der Waals surface area (Å²) in [5.41, 5.74) is 6.07. The summed E-state index contributed by atoms with van der Waals surface area (Å²) in [6.45, 7) is -0.913. The van der Waals surface area contributed by atoms with Crippen LogP contribution in [0, 0.1) is 0 Å². The maximum Gasteiger partial charge on any atom is 0.416 e. The minimum Gasteiger partial charge on any atom is -0.382 e. The van der Waals surface area contributed by atoms with E-state index >= 15 is 0 Å². The van der Waals surface area contributed by atoms with Crippen molar-refractivity contribution >= 4 is 5.91 Å². The highest BCUT2D eigenvalue weighted by molar-refractivity contribution is 5.83. The van der Waals surface area contributed by atoms with Crippen LogP contribution < -0.4 is 11.1 Å². The first-order valence-electron chi connectivity index (χ1n) is 5.63. The number of carbonyl (C=O) groups is 1. The Hall–Kier alpha value is -1.60. The first-order valence-corrected chi connectivity index (χ1v) is 5.63. The molecule has 1 aromatic rings. The van der Waals surface area contributed by atoms with Gasteiger partial charge in [-0.3, -0.25) is 4.79 Å². The fourth-order valence-corrected chi connectivity index (χ4v) is 1.52. The number of carbonyl (C=O) groups excluding carboxylic acids is 1. The lowest BCUT2D eigenvalue weighted by atomic mass is 9.98. The third kappa shape index (κ3) is 4.53. The lowest BCUT2D eigenvalue weighted by Crippen LogP contribution is -2.43. The van der Waals surface area contributed by atoms with Gasteiger partial charge in [0.2, 0.25) is 5.91 Å². The Morgan fingerprint density at radius 1 is 1.32 bits per heavy atom. The molecule has 4 N–H and O–H groups in total. The Morgan fingerprint density at radius 2 is 1.89 bits per heavy atom. The van der Waals surface area contributed by atoms with Crippen molar-refractivity contribution in [1.29, 1.82) is 0 Å². The number of nitrogens with one attached hydrogen (secondary N) is 1. The van der Waals surface area contributed by atoms with Crippen molar-refractivity contribution in [3.05, 3.63) is 35.9 Å². The number of rotatable bonds is 5. The van der Waals surface area contributed by atoms with E-state index in [2.05, 4.69) is 0 Å². The van der Waals surface area contributed by atoms with E-state index in [1.807, 2.05) is 5.32 Å². The Kier molecular flexibility index (Phi) is 5.31. The van der Waals surface area contributed by atoms with Crippen LogP contribution in [-0.2, 0) is 4.79 Å². The van der Waals surface area contributed by atoms with Gasteiger partial charge in [0.1, 0.15) is 0 Å². The van der Waals surface area contributed by atoms with Gasteiger partial charge in [-0.15, -0.1) is 0 Å². The molecular weight excluding hydrogens is 261 g/mol. The third-order valence-corrected chi connectivity index (χ3v) is 2.60. The first kappa shape index (κ1) is 15.5. The number of benzene rings is 1. The molecule has 0 fully saturated rings. The van der Waals surface area contributed by atoms with Crippen LogP contribution >= 0.6 is 0 Å². The monoisotopic (exact) mass is 276 g/mol. The van der Waals surface area contributed by atoms with Crippen LogP contribution in [0.4, 0.5) is 13.2 Å². The number of halogens is 3. The lowest BCUT2D eigenvalue weighted by Gasteiger charge is -2.18. The van der Waals surface area contributed by atoms with Crippen molar-refractivity contribution < 1.29 is 23.1 Å². The predicted molar refractivity (Wildman–Crippen MR) is 63.3 cm³/mol. The van der Waals surface area contributed by atoms with Crippen LogP contribution in [0.25, 0.3) is 0 Å². The van der Waals surface area contributed by atoms with E-state index in [1.54, 1.807) is 30.3 Å². The van der Waals surface area contributed by atoms with Crippen LogP contribution in [0.2, 0.25) is 0 Å². The summed E-state index contributed by atoms with van der Waals surface area (Å²) in [6, 6.07) is 8.49. The quantitative estimate of drug-likeness (QED) is 0.743. The molecule has 0 aliphatic carbocycles. The average molecular weight is 276 g/mol. The molecule has 0 saturated heterocycles. The number of alkyl halides is 3. The van der Waals surface area contributed by atoms with Gasteiger partial charge in [0.15, 0.2) is 6.10 Å². The zero-order chi connectivity index (χ0) is 14.5. The van der Waals surface area contributed by atoms with E-state index < -0.39 is 30.7 Å². The number of amides is 1. The molecule has 2 unspecified atom stereocenters. The van der Waals surface area contributed by atoms with E-state index in [-0.39, 0.29) is 6.54 Å². The first-order chi connectivity index (χ1) is 8.86. The molecule has 1 rings (SSSR count). The average Bonchev–Trinajstić information content (AvgIpc) is 2.37. The largest absolute Gasteiger partial charge is 0.416 e. The topological polar surface area (TPSA) is 75.4 Å². The van der Waals surface area contributed by atoms with Crippen molar-refractivity contribution in [3.8, 4) is 0 Å². The predicted octanol–water partition coefficient (Wildman–Crippen LogP) is 0.768. The molecule has 4 nitrogen and oxygen atoms in total. The van der Waals surface area contributed by atoms with Crippen molar-refractivity contribution in [1.82, 2.24) is 5.32 Å². The van der Waals surface area contributed by atoms with Gasteiger partial charge in [-0.1, -0.05) is 30.3 Å². The standard InChI is InChI=1S/C12H15F3N2O2/c13-12(14,15)10(18)7-17-11(19)9(6-16)8-4-2-1-3-5-8/h1-5,9-10,18H,6-7,16H2,(H,17,19). The second kappa shape index (κ2) is 6.53. The van der Waals surface area contributed by atoms with Gasteiger partial charge in [0, 0.05) is 6.54 Å². The molecule has 106 valence electrons. The summed E-state index contributed by atoms with van der Waals surface area (Å²) in [6.07, 6.45) is -7.33. The summed E-state index contributed by atoms with van der Waals surface area (Å²) in [4.78, 5) is 11.7. The van der Waals surface area contributed by atoms with Gasteiger partial charge >= 0.3 is 6.18 Å². The minimum atomic E-state index is -4.75. The Morgan fingerprint density at radius 3 is 2.37 bits per heavy atom. The van der Waals surface area contributed by atoms with Crippen LogP contribution in [-0.4, -0.2) is 36.4 Å². The molecule has 0 saturated carbocycles. The molecule has 7 heteroatoms. The van der Waals surface area contributed by atoms with Crippen LogP contribution in [0.5, 0.6) is 0 Å². The van der Waals surface area contributed by atoms with Crippen LogP contribution in [0.3, 0.4) is 0 Å². The minimum absolute atomic E-state index is 0.0298. The molecule has 0 radical (unpaired) electrons. The van der Waals surface area contributed by atoms with Crippen molar-refractivity contribution in [2.75, 3.05) is 13.1 Å². The van der Waals surface area contributed by atoms with Crippen molar-refractivity contribution in [2.24, 2.45) is 5.73 Å². The zero-order valence-electron chi connectivity index (χ0n) is 10.0. The van der Waals surface area contributed by atoms with Gasteiger partial charge in [0.05, 0.1) is 12.5 Å². The normalized spacial score (nSPS) is 14.8. The molecule has 0 aliphatic rings. The fourth-order valence-electron chi connectivity index (χ4n) is 1.52. The molecule has 0 aliphatic heterocycles. The van der Waals surface area contributed by atoms with Gasteiger partial charge in [-0.05, 0) is 5.56 Å². The van der Waals surface area contributed by atoms with E-state index in [1.165, 1.54) is 0 Å². The van der Waals surface area contributed by atoms with Crippen LogP contribution in [0.15, 0.2) is 30.3 Å². The highest BCUT2D eigenvalue weighted by Gasteiger charge is 2.38. The Balaban J connectivity index is 2.61. The maximum atomic E-state index is 12.1. The van der Waals surface area contributed by atoms with E-state index in [0.29, 0.717) is 5.56 Å². The molecule has 1 aromatic carbocycles. The number of nitrogens with two attached hydrogens (primary N) is 1. The molecule has 0 heterocycles. The van der Waals surface area contributed by atoms with Gasteiger partial charge in [0.25, 0.3) is 0 Å². The summed E-state index contributed by atoms with van der Waals surface area (Å²) in [5.74, 6) is -1.38. The molecule has 19 heavy (non-hydrogen) atoms. The summed E-state index contributed by atoms with van der Waals surface area (Å²) >= 11 is 0. The zero-order valence-corrected chi connectivity index (χ0v) is 10.0. The summed E-state index contributed by atoms with van der Waals surface area (Å²) in [5, 5.41) is 10.8. The van der Waals surface area contributed by atoms with E-state index in [0.717, 1.165) is 0 Å². The Labute approximate surface area is 108 Å². The second-order valence-electron chi connectivity index (χ2n) is 4.00. The molecule has 1 amide bonds. The molecule has 0 aromatic heterocycles. The number of hydrogen-bond donors (Lipinski definition) is 3. The molecule has 0 bridgehead atoms. The SMILES string of the molecule is NCC(C(=O)NCC(O)C(F)(F)F)c1ccccc1. The van der Waals surface area contributed by atoms with Crippen molar-refractivity contribution in [2.45, 2.75) is 18.2 Å². The molecule has 0 spiro atoms. The lowest BCUT2D eigenvalue weighted by molar-refractivity contribution is -0.201. The highest BCUT2D eigenvalue weighted by Crippen LogP contribution is 2.20. The van der Waals surface area contributed by atoms with Gasteiger partial charge in [-0.2, -0.15) is 13.2 Å². The highest BCUT2D eigenvalue weighted by atomic mass is 19.4. The summed E-state index contributed by atoms with van der Waals surface area (Å²) < 4.78 is 36.2. The smallest absolute Gasteiger partial charge is 0.382 e. The van der Waals surface area contributed by atoms with E-state index in [9.17, 15) is 18.0 Å².